The molecule has 174 valence electrons. The van der Waals surface area contributed by atoms with Gasteiger partial charge in [-0.2, -0.15) is 0 Å². The highest BCUT2D eigenvalue weighted by Gasteiger charge is 2.13. The van der Waals surface area contributed by atoms with Crippen molar-refractivity contribution in [3.8, 4) is 5.75 Å². The van der Waals surface area contributed by atoms with Crippen LogP contribution in [0, 0.1) is 0 Å². The van der Waals surface area contributed by atoms with Crippen molar-refractivity contribution >= 4 is 40.0 Å². The zero-order chi connectivity index (χ0) is 21.5. The number of hydrogen-bond donors (Lipinski definition) is 2. The van der Waals surface area contributed by atoms with Gasteiger partial charge in [-0.25, -0.2) is 17.7 Å². The van der Waals surface area contributed by atoms with Crippen LogP contribution in [0.4, 0.5) is 0 Å². The number of rotatable bonds is 14. The summed E-state index contributed by atoms with van der Waals surface area (Å²) in [7, 11) is -1.51. The SMILES string of the molecule is CCOCCCNC(=NCc1ccc(OC)cc1)NCCCN(CC)S(C)(=O)=O.I. The van der Waals surface area contributed by atoms with Gasteiger partial charge >= 0.3 is 0 Å². The van der Waals surface area contributed by atoms with Crippen molar-refractivity contribution in [3.63, 3.8) is 0 Å². The molecule has 30 heavy (non-hydrogen) atoms. The average Bonchev–Trinajstić information content (AvgIpc) is 2.70. The van der Waals surface area contributed by atoms with Crippen LogP contribution in [0.5, 0.6) is 5.75 Å². The highest BCUT2D eigenvalue weighted by Crippen LogP contribution is 2.11. The third-order valence-electron chi connectivity index (χ3n) is 4.24. The summed E-state index contributed by atoms with van der Waals surface area (Å²) >= 11 is 0. The number of benzene rings is 1. The van der Waals surface area contributed by atoms with E-state index in [0.29, 0.717) is 51.8 Å². The third-order valence-corrected chi connectivity index (χ3v) is 5.62. The van der Waals surface area contributed by atoms with Crippen LogP contribution in [-0.4, -0.2) is 71.4 Å². The Balaban J connectivity index is 0.00000841. The van der Waals surface area contributed by atoms with Gasteiger partial charge in [0.15, 0.2) is 5.96 Å². The van der Waals surface area contributed by atoms with Crippen molar-refractivity contribution in [2.24, 2.45) is 4.99 Å². The standard InChI is InChI=1S/C20H36N4O4S.HI/c1-5-24(29(4,25)26)15-7-13-21-20(22-14-8-16-28-6-2)23-17-18-9-11-19(27-3)12-10-18;/h9-12H,5-8,13-17H2,1-4H3,(H2,21,22,23);1H. The molecule has 0 unspecified atom stereocenters. The van der Waals surface area contributed by atoms with Gasteiger partial charge in [0, 0.05) is 39.4 Å². The van der Waals surface area contributed by atoms with Crippen molar-refractivity contribution in [1.29, 1.82) is 0 Å². The van der Waals surface area contributed by atoms with Crippen LogP contribution in [0.2, 0.25) is 0 Å². The van der Waals surface area contributed by atoms with Crippen LogP contribution in [0.25, 0.3) is 0 Å². The fourth-order valence-electron chi connectivity index (χ4n) is 2.62. The summed E-state index contributed by atoms with van der Waals surface area (Å²) < 4.78 is 35.4. The number of nitrogens with zero attached hydrogens (tertiary/aromatic N) is 2. The summed E-state index contributed by atoms with van der Waals surface area (Å²) in [5.74, 6) is 1.52. The number of guanidine groups is 1. The molecule has 1 aromatic rings. The molecule has 0 heterocycles. The molecular formula is C20H37IN4O4S. The summed E-state index contributed by atoms with van der Waals surface area (Å²) in [5.41, 5.74) is 1.08. The number of halogens is 1. The largest absolute Gasteiger partial charge is 0.497 e. The average molecular weight is 557 g/mol. The maximum absolute atomic E-state index is 11.7. The van der Waals surface area contributed by atoms with Crippen molar-refractivity contribution in [3.05, 3.63) is 29.8 Å². The van der Waals surface area contributed by atoms with Crippen LogP contribution >= 0.6 is 24.0 Å². The first-order chi connectivity index (χ1) is 13.9. The van der Waals surface area contributed by atoms with Crippen molar-refractivity contribution in [1.82, 2.24) is 14.9 Å². The number of ether oxygens (including phenoxy) is 2. The molecule has 0 radical (unpaired) electrons. The number of nitrogens with one attached hydrogen (secondary N) is 2. The number of methoxy groups -OCH3 is 1. The summed E-state index contributed by atoms with van der Waals surface area (Å²) in [5, 5.41) is 6.59. The number of aliphatic imine (C=N–C) groups is 1. The molecule has 0 spiro atoms. The summed E-state index contributed by atoms with van der Waals surface area (Å²) in [6.45, 7) is 8.12. The van der Waals surface area contributed by atoms with E-state index in [1.807, 2.05) is 38.1 Å². The molecule has 1 aromatic carbocycles. The third kappa shape index (κ3) is 12.6. The highest BCUT2D eigenvalue weighted by atomic mass is 127. The molecule has 0 atom stereocenters. The van der Waals surface area contributed by atoms with E-state index < -0.39 is 10.0 Å². The molecule has 0 aliphatic heterocycles. The molecule has 0 bridgehead atoms. The van der Waals surface area contributed by atoms with Crippen LogP contribution in [0.1, 0.15) is 32.3 Å². The first-order valence-corrected chi connectivity index (χ1v) is 11.9. The van der Waals surface area contributed by atoms with Gasteiger partial charge in [0.2, 0.25) is 10.0 Å². The van der Waals surface area contributed by atoms with E-state index in [9.17, 15) is 8.42 Å². The Morgan fingerprint density at radius 3 is 2.27 bits per heavy atom. The van der Waals surface area contributed by atoms with E-state index >= 15 is 0 Å². The Kier molecular flexibility index (Phi) is 16.0. The topological polar surface area (TPSA) is 92.3 Å². The van der Waals surface area contributed by atoms with Gasteiger partial charge < -0.3 is 20.1 Å². The summed E-state index contributed by atoms with van der Waals surface area (Å²) in [4.78, 5) is 4.63. The molecule has 2 N–H and O–H groups in total. The second kappa shape index (κ2) is 16.6. The van der Waals surface area contributed by atoms with E-state index in [1.165, 1.54) is 10.6 Å². The van der Waals surface area contributed by atoms with Crippen molar-refractivity contribution < 1.29 is 17.9 Å². The maximum atomic E-state index is 11.7. The van der Waals surface area contributed by atoms with Crippen LogP contribution in [0.3, 0.4) is 0 Å². The minimum Gasteiger partial charge on any atom is -0.497 e. The van der Waals surface area contributed by atoms with Gasteiger partial charge in [-0.15, -0.1) is 24.0 Å². The number of sulfonamides is 1. The fraction of sp³-hybridized carbons (Fsp3) is 0.650. The molecule has 0 fully saturated rings. The zero-order valence-electron chi connectivity index (χ0n) is 18.5. The lowest BCUT2D eigenvalue weighted by Gasteiger charge is -2.18. The highest BCUT2D eigenvalue weighted by molar-refractivity contribution is 14.0. The molecule has 0 aliphatic carbocycles. The van der Waals surface area contributed by atoms with E-state index in [4.69, 9.17) is 9.47 Å². The van der Waals surface area contributed by atoms with E-state index in [1.54, 1.807) is 7.11 Å². The van der Waals surface area contributed by atoms with Gasteiger partial charge in [0.05, 0.1) is 19.9 Å². The summed E-state index contributed by atoms with van der Waals surface area (Å²) in [6, 6.07) is 7.80. The lowest BCUT2D eigenvalue weighted by molar-refractivity contribution is 0.145. The first kappa shape index (κ1) is 28.9. The predicted molar refractivity (Wildman–Crippen MR) is 133 cm³/mol. The molecule has 0 aromatic heterocycles. The van der Waals surface area contributed by atoms with Gasteiger partial charge in [-0.05, 0) is 37.5 Å². The predicted octanol–water partition coefficient (Wildman–Crippen LogP) is 2.45. The lowest BCUT2D eigenvalue weighted by Crippen LogP contribution is -2.40. The normalized spacial score (nSPS) is 11.8. The van der Waals surface area contributed by atoms with Crippen LogP contribution < -0.4 is 15.4 Å². The Hall–Kier alpha value is -1.11. The lowest BCUT2D eigenvalue weighted by atomic mass is 10.2. The number of hydrogen-bond acceptors (Lipinski definition) is 5. The van der Waals surface area contributed by atoms with Gasteiger partial charge in [0.1, 0.15) is 5.75 Å². The Bertz CT molecular complexity index is 699. The zero-order valence-corrected chi connectivity index (χ0v) is 21.7. The molecule has 8 nitrogen and oxygen atoms in total. The monoisotopic (exact) mass is 556 g/mol. The van der Waals surface area contributed by atoms with Gasteiger partial charge in [0.25, 0.3) is 0 Å². The molecule has 0 aliphatic rings. The fourth-order valence-corrected chi connectivity index (χ4v) is 3.55. The first-order valence-electron chi connectivity index (χ1n) is 10.1. The molecule has 0 saturated carbocycles. The molecule has 10 heteroatoms. The second-order valence-corrected chi connectivity index (χ2v) is 8.51. The molecular weight excluding hydrogens is 519 g/mol. The molecule has 0 saturated heterocycles. The van der Waals surface area contributed by atoms with Gasteiger partial charge in [-0.1, -0.05) is 19.1 Å². The summed E-state index contributed by atoms with van der Waals surface area (Å²) in [6.07, 6.45) is 2.82. The van der Waals surface area contributed by atoms with Gasteiger partial charge in [-0.3, -0.25) is 0 Å². The molecule has 0 amide bonds. The van der Waals surface area contributed by atoms with E-state index in [0.717, 1.165) is 24.3 Å². The van der Waals surface area contributed by atoms with Crippen molar-refractivity contribution in [2.45, 2.75) is 33.2 Å². The quantitative estimate of drug-likeness (QED) is 0.158. The van der Waals surface area contributed by atoms with Crippen molar-refractivity contribution in [2.75, 3.05) is 52.8 Å². The Labute approximate surface area is 198 Å². The minimum absolute atomic E-state index is 0. The van der Waals surface area contributed by atoms with E-state index in [-0.39, 0.29) is 24.0 Å². The Morgan fingerprint density at radius 1 is 1.10 bits per heavy atom. The Morgan fingerprint density at radius 2 is 1.73 bits per heavy atom. The smallest absolute Gasteiger partial charge is 0.211 e. The minimum atomic E-state index is -3.16. The van der Waals surface area contributed by atoms with Crippen LogP contribution in [0.15, 0.2) is 29.3 Å². The maximum Gasteiger partial charge on any atom is 0.211 e. The van der Waals surface area contributed by atoms with Crippen LogP contribution in [-0.2, 0) is 21.3 Å². The molecule has 1 rings (SSSR count). The van der Waals surface area contributed by atoms with E-state index in [2.05, 4.69) is 15.6 Å². The second-order valence-electron chi connectivity index (χ2n) is 6.53.